The lowest BCUT2D eigenvalue weighted by atomic mass is 10.0. The van der Waals surface area contributed by atoms with E-state index < -0.39 is 10.0 Å². The summed E-state index contributed by atoms with van der Waals surface area (Å²) in [4.78, 5) is 4.19. The zero-order chi connectivity index (χ0) is 22.7. The van der Waals surface area contributed by atoms with Gasteiger partial charge in [0.2, 0.25) is 10.0 Å². The molecule has 2 aromatic carbocycles. The van der Waals surface area contributed by atoms with Crippen molar-refractivity contribution in [3.8, 4) is 5.75 Å². The van der Waals surface area contributed by atoms with Crippen LogP contribution in [0.2, 0.25) is 0 Å². The number of benzene rings is 2. The highest BCUT2D eigenvalue weighted by molar-refractivity contribution is 7.92. The number of nitrogens with one attached hydrogen (secondary N) is 2. The van der Waals surface area contributed by atoms with Gasteiger partial charge in [-0.3, -0.25) is 4.72 Å². The quantitative estimate of drug-likeness (QED) is 0.146. The molecule has 2 heterocycles. The topological polar surface area (TPSA) is 138 Å². The summed E-state index contributed by atoms with van der Waals surface area (Å²) in [6.07, 6.45) is 2.71. The highest BCUT2D eigenvalue weighted by Crippen LogP contribution is 2.44. The van der Waals surface area contributed by atoms with Gasteiger partial charge in [-0.15, -0.1) is 10.2 Å². The summed E-state index contributed by atoms with van der Waals surface area (Å²) < 4.78 is 35.9. The maximum atomic E-state index is 11.9. The number of fused-ring (bicyclic) bond motifs is 2. The molecule has 0 saturated carbocycles. The number of phenolic OH excluding ortho intramolecular Hbond substituents is 1. The van der Waals surface area contributed by atoms with Crippen LogP contribution in [-0.2, 0) is 14.8 Å². The molecular weight excluding hydrogens is 452 g/mol. The minimum Gasteiger partial charge on any atom is -0.505 e. The van der Waals surface area contributed by atoms with Crippen LogP contribution >= 0.6 is 11.5 Å². The van der Waals surface area contributed by atoms with Gasteiger partial charge in [-0.25, -0.2) is 13.4 Å². The van der Waals surface area contributed by atoms with E-state index in [0.717, 1.165) is 23.2 Å². The molecule has 0 bridgehead atoms. The number of phenols is 1. The molecule has 0 unspecified atom stereocenters. The van der Waals surface area contributed by atoms with Gasteiger partial charge in [0.1, 0.15) is 12.5 Å². The number of azo groups is 1. The number of ether oxygens (including phenoxy) is 1. The summed E-state index contributed by atoms with van der Waals surface area (Å²) in [6.45, 7) is 2.54. The van der Waals surface area contributed by atoms with Gasteiger partial charge in [0.25, 0.3) is 0 Å². The molecule has 0 saturated heterocycles. The summed E-state index contributed by atoms with van der Waals surface area (Å²) in [5.74, 6) is -0.0526. The molecule has 0 aliphatic heterocycles. The van der Waals surface area contributed by atoms with Crippen LogP contribution in [0.5, 0.6) is 5.75 Å². The Bertz CT molecular complexity index is 1420. The molecule has 2 aromatic heterocycles. The molecule has 0 aliphatic rings. The van der Waals surface area contributed by atoms with Gasteiger partial charge >= 0.3 is 0 Å². The smallest absolute Gasteiger partial charge is 0.229 e. The molecule has 4 aromatic rings. The number of anilines is 2. The summed E-state index contributed by atoms with van der Waals surface area (Å²) in [5, 5.41) is 24.7. The van der Waals surface area contributed by atoms with E-state index in [4.69, 9.17) is 4.74 Å². The van der Waals surface area contributed by atoms with Gasteiger partial charge in [-0.1, -0.05) is 12.1 Å². The van der Waals surface area contributed by atoms with E-state index in [1.54, 1.807) is 36.5 Å². The standard InChI is InChI=1S/C20H20N6O4S2/c1-3-30-11-22-16-10-15(23-24-20-13-7-5-9-21-19(13)25-31-20)17-12(18(16)27)6-4-8-14(17)26-32(2,28)29/h4-10,22,26-27H,3,11H2,1-2H3/b24-23+. The Hall–Kier alpha value is -3.35. The van der Waals surface area contributed by atoms with E-state index in [1.165, 1.54) is 0 Å². The molecule has 0 radical (unpaired) electrons. The van der Waals surface area contributed by atoms with Crippen LogP contribution in [0.25, 0.3) is 21.8 Å². The van der Waals surface area contributed by atoms with E-state index in [-0.39, 0.29) is 18.2 Å². The normalized spacial score (nSPS) is 12.1. The fourth-order valence-corrected chi connectivity index (χ4v) is 4.34. The van der Waals surface area contributed by atoms with Crippen LogP contribution in [0.4, 0.5) is 22.1 Å². The van der Waals surface area contributed by atoms with Gasteiger partial charge in [0.05, 0.1) is 28.7 Å². The Morgan fingerprint density at radius 3 is 2.75 bits per heavy atom. The van der Waals surface area contributed by atoms with Crippen LogP contribution in [0.3, 0.4) is 0 Å². The first-order valence-electron chi connectivity index (χ1n) is 9.57. The fraction of sp³-hybridized carbons (Fsp3) is 0.200. The first kappa shape index (κ1) is 21.9. The lowest BCUT2D eigenvalue weighted by molar-refractivity contribution is 0.166. The molecule has 4 rings (SSSR count). The van der Waals surface area contributed by atoms with E-state index in [9.17, 15) is 13.5 Å². The number of pyridine rings is 1. The van der Waals surface area contributed by atoms with Crippen molar-refractivity contribution in [2.24, 2.45) is 10.2 Å². The second kappa shape index (κ2) is 9.02. The zero-order valence-corrected chi connectivity index (χ0v) is 18.9. The summed E-state index contributed by atoms with van der Waals surface area (Å²) in [6, 6.07) is 10.1. The van der Waals surface area contributed by atoms with Crippen LogP contribution < -0.4 is 10.0 Å². The minimum absolute atomic E-state index is 0.0526. The molecule has 10 nitrogen and oxygen atoms in total. The number of rotatable bonds is 8. The third-order valence-corrected chi connectivity index (χ3v) is 5.79. The minimum atomic E-state index is -3.57. The third-order valence-electron chi connectivity index (χ3n) is 4.46. The van der Waals surface area contributed by atoms with Crippen molar-refractivity contribution in [3.05, 3.63) is 42.6 Å². The molecule has 0 aliphatic carbocycles. The average Bonchev–Trinajstić information content (AvgIpc) is 3.17. The van der Waals surface area contributed by atoms with Crippen molar-refractivity contribution in [3.63, 3.8) is 0 Å². The third kappa shape index (κ3) is 4.61. The van der Waals surface area contributed by atoms with E-state index in [0.29, 0.717) is 39.4 Å². The molecule has 0 fully saturated rings. The molecule has 3 N–H and O–H groups in total. The monoisotopic (exact) mass is 472 g/mol. The SMILES string of the molecule is CCOCNc1cc(/N=N/c2snc3ncccc23)c2c(NS(C)(=O)=O)cccc2c1O. The van der Waals surface area contributed by atoms with E-state index in [1.807, 2.05) is 13.0 Å². The average molecular weight is 473 g/mol. The van der Waals surface area contributed by atoms with Gasteiger partial charge in [0, 0.05) is 23.6 Å². The van der Waals surface area contributed by atoms with Crippen LogP contribution in [0, 0.1) is 0 Å². The number of nitrogens with zero attached hydrogens (tertiary/aromatic N) is 4. The Kier molecular flexibility index (Phi) is 6.17. The molecule has 0 amide bonds. The Morgan fingerprint density at radius 2 is 1.97 bits per heavy atom. The van der Waals surface area contributed by atoms with Crippen molar-refractivity contribution in [1.82, 2.24) is 9.36 Å². The summed E-state index contributed by atoms with van der Waals surface area (Å²) >= 11 is 1.16. The zero-order valence-electron chi connectivity index (χ0n) is 17.2. The highest BCUT2D eigenvalue weighted by atomic mass is 32.2. The van der Waals surface area contributed by atoms with Crippen LogP contribution in [0.1, 0.15) is 6.92 Å². The molecular formula is C20H20N6O4S2. The van der Waals surface area contributed by atoms with Crippen molar-refractivity contribution in [1.29, 1.82) is 0 Å². The lowest BCUT2D eigenvalue weighted by Crippen LogP contribution is -2.10. The van der Waals surface area contributed by atoms with Crippen molar-refractivity contribution >= 4 is 65.4 Å². The van der Waals surface area contributed by atoms with Crippen molar-refractivity contribution in [2.45, 2.75) is 6.92 Å². The number of hydrogen-bond donors (Lipinski definition) is 3. The van der Waals surface area contributed by atoms with E-state index in [2.05, 4.69) is 29.6 Å². The van der Waals surface area contributed by atoms with Crippen molar-refractivity contribution < 1.29 is 18.3 Å². The second-order valence-electron chi connectivity index (χ2n) is 6.77. The number of hydrogen-bond acceptors (Lipinski definition) is 10. The van der Waals surface area contributed by atoms with Gasteiger partial charge in [0.15, 0.2) is 10.6 Å². The number of aromatic nitrogens is 2. The van der Waals surface area contributed by atoms with Gasteiger partial charge in [-0.2, -0.15) is 4.37 Å². The van der Waals surface area contributed by atoms with Gasteiger partial charge < -0.3 is 15.2 Å². The lowest BCUT2D eigenvalue weighted by Gasteiger charge is -2.15. The first-order valence-corrected chi connectivity index (χ1v) is 12.2. The fourth-order valence-electron chi connectivity index (χ4n) is 3.12. The molecule has 166 valence electrons. The van der Waals surface area contributed by atoms with Crippen molar-refractivity contribution in [2.75, 3.05) is 29.6 Å². The Labute approximate surface area is 188 Å². The van der Waals surface area contributed by atoms with E-state index >= 15 is 0 Å². The van der Waals surface area contributed by atoms with Gasteiger partial charge in [-0.05, 0) is 42.7 Å². The maximum Gasteiger partial charge on any atom is 0.229 e. The molecule has 32 heavy (non-hydrogen) atoms. The first-order chi connectivity index (χ1) is 15.4. The largest absolute Gasteiger partial charge is 0.505 e. The highest BCUT2D eigenvalue weighted by Gasteiger charge is 2.17. The Balaban J connectivity index is 1.88. The summed E-state index contributed by atoms with van der Waals surface area (Å²) in [5.41, 5.74) is 1.59. The Morgan fingerprint density at radius 1 is 1.16 bits per heavy atom. The molecule has 12 heteroatoms. The predicted molar refractivity (Wildman–Crippen MR) is 126 cm³/mol. The summed E-state index contributed by atoms with van der Waals surface area (Å²) in [7, 11) is -3.57. The number of sulfonamides is 1. The number of aromatic hydroxyl groups is 1. The maximum absolute atomic E-state index is 11.9. The second-order valence-corrected chi connectivity index (χ2v) is 9.27. The molecule has 0 spiro atoms. The van der Waals surface area contributed by atoms with Crippen LogP contribution in [0.15, 0.2) is 52.8 Å². The van der Waals surface area contributed by atoms with Crippen LogP contribution in [-0.4, -0.2) is 42.5 Å². The predicted octanol–water partition coefficient (Wildman–Crippen LogP) is 4.74. The molecule has 0 atom stereocenters.